The first-order valence-electron chi connectivity index (χ1n) is 5.77. The number of nitro groups is 1. The molecule has 22 heavy (non-hydrogen) atoms. The Kier molecular flexibility index (Phi) is 4.06. The number of alkyl halides is 3. The van der Waals surface area contributed by atoms with Crippen molar-refractivity contribution < 1.29 is 27.6 Å². The van der Waals surface area contributed by atoms with E-state index in [0.29, 0.717) is 6.07 Å². The average molecular weight is 312 g/mol. The highest BCUT2D eigenvalue weighted by molar-refractivity contribution is 6.09. The number of pyridine rings is 1. The van der Waals surface area contributed by atoms with Gasteiger partial charge in [0.1, 0.15) is 0 Å². The molecule has 2 rings (SSSR count). The number of nitrogens with zero attached hydrogens (tertiary/aromatic N) is 2. The third-order valence-corrected chi connectivity index (χ3v) is 2.59. The normalized spacial score (nSPS) is 11.0. The van der Waals surface area contributed by atoms with Crippen LogP contribution in [-0.4, -0.2) is 22.1 Å². The summed E-state index contributed by atoms with van der Waals surface area (Å²) >= 11 is 0. The van der Waals surface area contributed by atoms with Crippen LogP contribution in [0.4, 0.5) is 18.9 Å². The maximum atomic E-state index is 12.3. The highest BCUT2D eigenvalue weighted by Gasteiger charge is 2.34. The van der Waals surface area contributed by atoms with Crippen molar-refractivity contribution in [3.63, 3.8) is 0 Å². The van der Waals surface area contributed by atoms with Gasteiger partial charge in [-0.15, -0.1) is 13.2 Å². The van der Waals surface area contributed by atoms with Crippen molar-refractivity contribution in [1.29, 1.82) is 0 Å². The lowest BCUT2D eigenvalue weighted by Gasteiger charge is -2.10. The SMILES string of the molecule is O=C(c1ccncc1)c1ccc([N+](=O)[O-])c(OC(F)(F)F)c1. The zero-order chi connectivity index (χ0) is 16.3. The highest BCUT2D eigenvalue weighted by atomic mass is 19.4. The van der Waals surface area contributed by atoms with Crippen molar-refractivity contribution in [2.45, 2.75) is 6.36 Å². The molecule has 0 saturated heterocycles. The van der Waals surface area contributed by atoms with E-state index in [4.69, 9.17) is 0 Å². The largest absolute Gasteiger partial charge is 0.573 e. The van der Waals surface area contributed by atoms with Crippen LogP contribution in [0.2, 0.25) is 0 Å². The van der Waals surface area contributed by atoms with Gasteiger partial charge in [-0.05, 0) is 24.3 Å². The van der Waals surface area contributed by atoms with Gasteiger partial charge in [0.05, 0.1) is 4.92 Å². The summed E-state index contributed by atoms with van der Waals surface area (Å²) in [4.78, 5) is 25.5. The third kappa shape index (κ3) is 3.57. The molecule has 6 nitrogen and oxygen atoms in total. The van der Waals surface area contributed by atoms with Gasteiger partial charge < -0.3 is 4.74 Å². The van der Waals surface area contributed by atoms with E-state index in [2.05, 4.69) is 9.72 Å². The summed E-state index contributed by atoms with van der Waals surface area (Å²) in [5.74, 6) is -1.65. The number of carbonyl (C=O) groups is 1. The fourth-order valence-electron chi connectivity index (χ4n) is 1.68. The number of halogens is 3. The molecule has 0 aliphatic carbocycles. The molecule has 0 unspecified atom stereocenters. The van der Waals surface area contributed by atoms with Crippen molar-refractivity contribution in [3.05, 3.63) is 64.0 Å². The Labute approximate surface area is 121 Å². The lowest BCUT2D eigenvalue weighted by molar-refractivity contribution is -0.388. The molecule has 114 valence electrons. The summed E-state index contributed by atoms with van der Waals surface area (Å²) in [6.07, 6.45) is -2.43. The van der Waals surface area contributed by atoms with E-state index in [0.717, 1.165) is 12.1 Å². The summed E-state index contributed by atoms with van der Waals surface area (Å²) in [6, 6.07) is 5.27. The Morgan fingerprint density at radius 3 is 2.32 bits per heavy atom. The van der Waals surface area contributed by atoms with Gasteiger partial charge in [0.15, 0.2) is 5.78 Å². The molecule has 0 fully saturated rings. The standard InChI is InChI=1S/C13H7F3N2O4/c14-13(15,16)22-11-7-9(1-2-10(11)18(20)21)12(19)8-3-5-17-6-4-8/h1-7H. The minimum atomic E-state index is -5.11. The summed E-state index contributed by atoms with van der Waals surface area (Å²) in [5.41, 5.74) is -0.874. The highest BCUT2D eigenvalue weighted by Crippen LogP contribution is 2.33. The fourth-order valence-corrected chi connectivity index (χ4v) is 1.68. The van der Waals surface area contributed by atoms with Crippen LogP contribution in [0.15, 0.2) is 42.7 Å². The van der Waals surface area contributed by atoms with E-state index in [9.17, 15) is 28.1 Å². The molecule has 1 aromatic heterocycles. The number of ketones is 1. The molecule has 0 saturated carbocycles. The van der Waals surface area contributed by atoms with Gasteiger partial charge in [0, 0.05) is 29.6 Å². The molecular formula is C13H7F3N2O4. The smallest absolute Gasteiger partial charge is 0.398 e. The molecule has 0 radical (unpaired) electrons. The molecule has 0 aliphatic heterocycles. The minimum absolute atomic E-state index is 0.170. The Morgan fingerprint density at radius 1 is 1.14 bits per heavy atom. The second-order valence-corrected chi connectivity index (χ2v) is 4.05. The zero-order valence-corrected chi connectivity index (χ0v) is 10.7. The van der Waals surface area contributed by atoms with Crippen LogP contribution in [0.25, 0.3) is 0 Å². The van der Waals surface area contributed by atoms with E-state index < -0.39 is 28.5 Å². The molecule has 0 amide bonds. The predicted molar refractivity (Wildman–Crippen MR) is 67.4 cm³/mol. The topological polar surface area (TPSA) is 82.3 Å². The minimum Gasteiger partial charge on any atom is -0.398 e. The van der Waals surface area contributed by atoms with Gasteiger partial charge in [-0.25, -0.2) is 0 Å². The van der Waals surface area contributed by atoms with E-state index >= 15 is 0 Å². The molecule has 1 aromatic carbocycles. The van der Waals surface area contributed by atoms with Gasteiger partial charge in [-0.2, -0.15) is 0 Å². The second-order valence-electron chi connectivity index (χ2n) is 4.05. The van der Waals surface area contributed by atoms with Crippen LogP contribution in [0.5, 0.6) is 5.75 Å². The fraction of sp³-hybridized carbons (Fsp3) is 0.0769. The number of rotatable bonds is 4. The summed E-state index contributed by atoms with van der Waals surface area (Å²) < 4.78 is 40.5. The Bertz CT molecular complexity index is 717. The van der Waals surface area contributed by atoms with Gasteiger partial charge in [-0.3, -0.25) is 19.9 Å². The van der Waals surface area contributed by atoms with Crippen molar-refractivity contribution in [2.75, 3.05) is 0 Å². The third-order valence-electron chi connectivity index (χ3n) is 2.59. The first-order valence-corrected chi connectivity index (χ1v) is 5.77. The summed E-state index contributed by atoms with van der Waals surface area (Å²) in [6.45, 7) is 0. The van der Waals surface area contributed by atoms with Crippen molar-refractivity contribution in [3.8, 4) is 5.75 Å². The molecule has 1 heterocycles. The molecule has 0 aliphatic rings. The van der Waals surface area contributed by atoms with Crippen LogP contribution < -0.4 is 4.74 Å². The van der Waals surface area contributed by atoms with Crippen molar-refractivity contribution in [1.82, 2.24) is 4.98 Å². The maximum Gasteiger partial charge on any atom is 0.573 e. The van der Waals surface area contributed by atoms with Crippen LogP contribution in [-0.2, 0) is 0 Å². The average Bonchev–Trinajstić information content (AvgIpc) is 2.45. The lowest BCUT2D eigenvalue weighted by atomic mass is 10.0. The monoisotopic (exact) mass is 312 g/mol. The molecular weight excluding hydrogens is 305 g/mol. The maximum absolute atomic E-state index is 12.3. The molecule has 2 aromatic rings. The predicted octanol–water partition coefficient (Wildman–Crippen LogP) is 3.12. The number of benzene rings is 1. The molecule has 0 N–H and O–H groups in total. The van der Waals surface area contributed by atoms with Gasteiger partial charge in [0.25, 0.3) is 0 Å². The lowest BCUT2D eigenvalue weighted by Crippen LogP contribution is -2.18. The van der Waals surface area contributed by atoms with Crippen LogP contribution >= 0.6 is 0 Å². The zero-order valence-electron chi connectivity index (χ0n) is 10.7. The molecule has 9 heteroatoms. The quantitative estimate of drug-likeness (QED) is 0.492. The summed E-state index contributed by atoms with van der Waals surface area (Å²) in [5, 5.41) is 10.7. The number of ether oxygens (including phenoxy) is 1. The molecule has 0 spiro atoms. The first kappa shape index (κ1) is 15.4. The van der Waals surface area contributed by atoms with Crippen LogP contribution in [0, 0.1) is 10.1 Å². The number of carbonyl (C=O) groups excluding carboxylic acids is 1. The Hall–Kier alpha value is -2.97. The first-order chi connectivity index (χ1) is 10.3. The van der Waals surface area contributed by atoms with E-state index in [1.165, 1.54) is 24.5 Å². The number of hydrogen-bond donors (Lipinski definition) is 0. The van der Waals surface area contributed by atoms with E-state index in [1.807, 2.05) is 0 Å². The van der Waals surface area contributed by atoms with E-state index in [-0.39, 0.29) is 11.1 Å². The van der Waals surface area contributed by atoms with Gasteiger partial charge in [-0.1, -0.05) is 0 Å². The Morgan fingerprint density at radius 2 is 1.77 bits per heavy atom. The number of nitro benzene ring substituents is 1. The van der Waals surface area contributed by atoms with E-state index in [1.54, 1.807) is 0 Å². The van der Waals surface area contributed by atoms with Crippen molar-refractivity contribution in [2.24, 2.45) is 0 Å². The van der Waals surface area contributed by atoms with Gasteiger partial charge >= 0.3 is 12.0 Å². The van der Waals surface area contributed by atoms with Crippen molar-refractivity contribution >= 4 is 11.5 Å². The molecule has 0 bridgehead atoms. The number of hydrogen-bond acceptors (Lipinski definition) is 5. The molecule has 0 atom stereocenters. The Balaban J connectivity index is 2.44. The van der Waals surface area contributed by atoms with Crippen LogP contribution in [0.3, 0.4) is 0 Å². The van der Waals surface area contributed by atoms with Crippen LogP contribution in [0.1, 0.15) is 15.9 Å². The second kappa shape index (κ2) is 5.80. The number of aromatic nitrogens is 1. The summed E-state index contributed by atoms with van der Waals surface area (Å²) in [7, 11) is 0. The van der Waals surface area contributed by atoms with Gasteiger partial charge in [0.2, 0.25) is 5.75 Å².